The van der Waals surface area contributed by atoms with E-state index in [0.717, 1.165) is 25.1 Å². The molecule has 4 heteroatoms. The molecule has 1 heterocycles. The lowest BCUT2D eigenvalue weighted by atomic mass is 9.87. The number of ether oxygens (including phenoxy) is 1. The Labute approximate surface area is 132 Å². The lowest BCUT2D eigenvalue weighted by molar-refractivity contribution is -0.164. The maximum atomic E-state index is 12.3. The maximum Gasteiger partial charge on any atom is 0.266 e. The van der Waals surface area contributed by atoms with Crippen LogP contribution in [-0.4, -0.2) is 34.9 Å². The maximum absolute atomic E-state index is 12.3. The van der Waals surface area contributed by atoms with Crippen molar-refractivity contribution in [1.82, 2.24) is 4.90 Å². The molecule has 1 aromatic rings. The number of benzene rings is 1. The molecular weight excluding hydrogens is 286 g/mol. The number of hydrogen-bond donors (Lipinski definition) is 0. The number of likely N-dealkylation sites (tertiary alicyclic amines) is 1. The van der Waals surface area contributed by atoms with Crippen molar-refractivity contribution in [2.75, 3.05) is 6.54 Å². The van der Waals surface area contributed by atoms with Gasteiger partial charge >= 0.3 is 0 Å². The van der Waals surface area contributed by atoms with Crippen molar-refractivity contribution in [1.29, 1.82) is 0 Å². The van der Waals surface area contributed by atoms with Crippen molar-refractivity contribution in [2.24, 2.45) is 5.92 Å². The number of para-hydroxylation sites is 1. The quantitative estimate of drug-likeness (QED) is 0.567. The highest BCUT2D eigenvalue weighted by molar-refractivity contribution is 6.22. The molecule has 0 radical (unpaired) electrons. The van der Waals surface area contributed by atoms with Gasteiger partial charge in [0.25, 0.3) is 5.91 Å². The molecule has 3 nitrogen and oxygen atoms in total. The monoisotopic (exact) mass is 309 g/mol. The molecule has 1 fully saturated rings. The van der Waals surface area contributed by atoms with Crippen LogP contribution in [0.25, 0.3) is 0 Å². The Morgan fingerprint density at radius 1 is 1.29 bits per heavy atom. The van der Waals surface area contributed by atoms with E-state index in [4.69, 9.17) is 16.3 Å². The van der Waals surface area contributed by atoms with Crippen molar-refractivity contribution in [3.63, 3.8) is 0 Å². The number of carbonyl (C=O) groups excluding carboxylic acids is 1. The summed E-state index contributed by atoms with van der Waals surface area (Å²) in [5.41, 5.74) is 0. The summed E-state index contributed by atoms with van der Waals surface area (Å²) in [7, 11) is 0. The van der Waals surface area contributed by atoms with E-state index in [1.807, 2.05) is 35.2 Å². The number of alkyl halides is 1. The molecule has 0 aliphatic carbocycles. The van der Waals surface area contributed by atoms with Gasteiger partial charge in [-0.25, -0.2) is 0 Å². The Morgan fingerprint density at radius 2 is 1.95 bits per heavy atom. The van der Waals surface area contributed by atoms with Gasteiger partial charge in [-0.1, -0.05) is 45.4 Å². The van der Waals surface area contributed by atoms with E-state index >= 15 is 0 Å². The summed E-state index contributed by atoms with van der Waals surface area (Å²) in [6.07, 6.45) is 1.48. The summed E-state index contributed by atoms with van der Waals surface area (Å²) in [6, 6.07) is 9.46. The number of nitrogens with zero attached hydrogens (tertiary/aromatic N) is 1. The molecule has 0 bridgehead atoms. The second kappa shape index (κ2) is 7.17. The third kappa shape index (κ3) is 3.34. The van der Waals surface area contributed by atoms with Crippen LogP contribution in [0.1, 0.15) is 33.6 Å². The topological polar surface area (TPSA) is 29.5 Å². The molecule has 0 aromatic heterocycles. The van der Waals surface area contributed by atoms with Gasteiger partial charge in [0, 0.05) is 6.54 Å². The molecule has 2 rings (SSSR count). The zero-order valence-electron chi connectivity index (χ0n) is 13.0. The Kier molecular flexibility index (Phi) is 5.51. The predicted molar refractivity (Wildman–Crippen MR) is 85.7 cm³/mol. The number of β-lactam (4-membered cyclic amide) rings is 1. The summed E-state index contributed by atoms with van der Waals surface area (Å²) in [5.74, 6) is 1.13. The fourth-order valence-electron chi connectivity index (χ4n) is 2.70. The molecule has 1 aromatic carbocycles. The summed E-state index contributed by atoms with van der Waals surface area (Å²) >= 11 is 6.62. The lowest BCUT2D eigenvalue weighted by Gasteiger charge is -2.49. The molecule has 1 aliphatic heterocycles. The first kappa shape index (κ1) is 16.2. The van der Waals surface area contributed by atoms with Gasteiger partial charge in [-0.3, -0.25) is 4.79 Å². The van der Waals surface area contributed by atoms with Crippen molar-refractivity contribution >= 4 is 17.5 Å². The van der Waals surface area contributed by atoms with Gasteiger partial charge in [0.1, 0.15) is 5.75 Å². The first-order chi connectivity index (χ1) is 10.1. The molecule has 0 saturated carbocycles. The van der Waals surface area contributed by atoms with E-state index in [9.17, 15) is 4.79 Å². The van der Waals surface area contributed by atoms with Crippen molar-refractivity contribution in [2.45, 2.75) is 51.1 Å². The fourth-order valence-corrected chi connectivity index (χ4v) is 3.15. The first-order valence-corrected chi connectivity index (χ1v) is 8.20. The normalized spacial score (nSPS) is 24.4. The van der Waals surface area contributed by atoms with Gasteiger partial charge in [-0.05, 0) is 24.5 Å². The highest BCUT2D eigenvalue weighted by atomic mass is 35.5. The smallest absolute Gasteiger partial charge is 0.266 e. The molecule has 0 N–H and O–H groups in total. The van der Waals surface area contributed by atoms with Crippen LogP contribution in [0.3, 0.4) is 0 Å². The van der Waals surface area contributed by atoms with E-state index < -0.39 is 6.10 Å². The Balaban J connectivity index is 2.12. The molecule has 0 unspecified atom stereocenters. The van der Waals surface area contributed by atoms with E-state index in [1.54, 1.807) is 0 Å². The molecule has 4 atom stereocenters. The standard InChI is InChI=1S/C17H24ClNO2/c1-4-11-19-15(14(18)12(3)5-2)16(17(19)20)21-13-9-7-6-8-10-13/h6-10,12,14-16H,4-5,11H2,1-3H3/t12-,14-,15+,16-/m0/s1. The van der Waals surface area contributed by atoms with Crippen molar-refractivity contribution < 1.29 is 9.53 Å². The lowest BCUT2D eigenvalue weighted by Crippen LogP contribution is -2.70. The Morgan fingerprint density at radius 3 is 2.52 bits per heavy atom. The van der Waals surface area contributed by atoms with Crippen molar-refractivity contribution in [3.8, 4) is 5.75 Å². The molecule has 1 aliphatic rings. The second-order valence-corrected chi connectivity index (χ2v) is 6.21. The van der Waals surface area contributed by atoms with Gasteiger partial charge in [0.15, 0.2) is 6.10 Å². The van der Waals surface area contributed by atoms with Gasteiger partial charge in [0.05, 0.1) is 11.4 Å². The van der Waals surface area contributed by atoms with E-state index in [-0.39, 0.29) is 17.3 Å². The van der Waals surface area contributed by atoms with Crippen LogP contribution in [0.5, 0.6) is 5.75 Å². The van der Waals surface area contributed by atoms with Crippen LogP contribution in [0.15, 0.2) is 30.3 Å². The van der Waals surface area contributed by atoms with Crippen LogP contribution in [-0.2, 0) is 4.79 Å². The number of rotatable bonds is 7. The predicted octanol–water partition coefficient (Wildman–Crippen LogP) is 3.71. The number of carbonyl (C=O) groups is 1. The number of hydrogen-bond acceptors (Lipinski definition) is 2. The van der Waals surface area contributed by atoms with Gasteiger partial charge in [0.2, 0.25) is 0 Å². The summed E-state index contributed by atoms with van der Waals surface area (Å²) in [4.78, 5) is 14.2. The van der Waals surface area contributed by atoms with E-state index in [1.165, 1.54) is 0 Å². The highest BCUT2D eigenvalue weighted by Gasteiger charge is 2.52. The zero-order valence-corrected chi connectivity index (χ0v) is 13.7. The van der Waals surface area contributed by atoms with Gasteiger partial charge < -0.3 is 9.64 Å². The molecule has 21 heavy (non-hydrogen) atoms. The molecule has 0 spiro atoms. The van der Waals surface area contributed by atoms with Crippen LogP contribution in [0.4, 0.5) is 0 Å². The molecular formula is C17H24ClNO2. The Bertz CT molecular complexity index is 465. The average Bonchev–Trinajstić information content (AvgIpc) is 2.52. The minimum atomic E-state index is -0.449. The fraction of sp³-hybridized carbons (Fsp3) is 0.588. The number of halogens is 1. The highest BCUT2D eigenvalue weighted by Crippen LogP contribution is 2.34. The Hall–Kier alpha value is -1.22. The van der Waals surface area contributed by atoms with Crippen LogP contribution in [0.2, 0.25) is 0 Å². The minimum Gasteiger partial charge on any atom is -0.478 e. The van der Waals surface area contributed by atoms with Crippen LogP contribution >= 0.6 is 11.6 Å². The van der Waals surface area contributed by atoms with E-state index in [0.29, 0.717) is 5.92 Å². The van der Waals surface area contributed by atoms with Gasteiger partial charge in [-0.2, -0.15) is 0 Å². The summed E-state index contributed by atoms with van der Waals surface area (Å²) < 4.78 is 5.89. The first-order valence-electron chi connectivity index (χ1n) is 7.76. The van der Waals surface area contributed by atoms with Crippen molar-refractivity contribution in [3.05, 3.63) is 30.3 Å². The number of amides is 1. The largest absolute Gasteiger partial charge is 0.478 e. The SMILES string of the molecule is CCCN1C(=O)[C@@H](Oc2ccccc2)[C@H]1[C@@H](Cl)[C@@H](C)CC. The third-order valence-electron chi connectivity index (χ3n) is 4.18. The molecule has 1 amide bonds. The van der Waals surface area contributed by atoms with E-state index in [2.05, 4.69) is 20.8 Å². The average molecular weight is 310 g/mol. The summed E-state index contributed by atoms with van der Waals surface area (Å²) in [5, 5.41) is -0.0760. The second-order valence-electron chi connectivity index (χ2n) is 5.70. The summed E-state index contributed by atoms with van der Waals surface area (Å²) in [6.45, 7) is 7.07. The zero-order chi connectivity index (χ0) is 15.4. The van der Waals surface area contributed by atoms with Crippen LogP contribution < -0.4 is 4.74 Å². The molecule has 1 saturated heterocycles. The molecule has 116 valence electrons. The van der Waals surface area contributed by atoms with Crippen LogP contribution in [0, 0.1) is 5.92 Å². The van der Waals surface area contributed by atoms with Gasteiger partial charge in [-0.15, -0.1) is 11.6 Å². The minimum absolute atomic E-state index is 0.0331. The third-order valence-corrected chi connectivity index (χ3v) is 4.87.